The molecular formula is C24H46. The summed E-state index contributed by atoms with van der Waals surface area (Å²) in [5, 5.41) is 0. The molecule has 0 saturated carbocycles. The summed E-state index contributed by atoms with van der Waals surface area (Å²) in [7, 11) is 0. The normalized spacial score (nSPS) is 11.9. The van der Waals surface area contributed by atoms with Gasteiger partial charge in [0.15, 0.2) is 0 Å². The number of unbranched alkanes of at least 4 members (excludes halogenated alkanes) is 15. The van der Waals surface area contributed by atoms with Crippen molar-refractivity contribution in [3.63, 3.8) is 0 Å². The van der Waals surface area contributed by atoms with Crippen molar-refractivity contribution in [1.82, 2.24) is 0 Å². The van der Waals surface area contributed by atoms with Gasteiger partial charge in [0, 0.05) is 0 Å². The van der Waals surface area contributed by atoms with Gasteiger partial charge in [0.2, 0.25) is 0 Å². The van der Waals surface area contributed by atoms with E-state index >= 15 is 0 Å². The zero-order valence-corrected chi connectivity index (χ0v) is 17.0. The zero-order chi connectivity index (χ0) is 17.6. The van der Waals surface area contributed by atoms with Crippen molar-refractivity contribution in [2.24, 2.45) is 0 Å². The monoisotopic (exact) mass is 334 g/mol. The van der Waals surface area contributed by atoms with Crippen molar-refractivity contribution in [3.8, 4) is 0 Å². The van der Waals surface area contributed by atoms with Crippen molar-refractivity contribution >= 4 is 0 Å². The average molecular weight is 335 g/mol. The van der Waals surface area contributed by atoms with E-state index in [1.54, 1.807) is 0 Å². The first-order valence-corrected chi connectivity index (χ1v) is 11.2. The molecule has 0 fully saturated rings. The molecule has 0 rings (SSSR count). The Balaban J connectivity index is 3.00. The molecule has 142 valence electrons. The standard InChI is InChI=1S/C24H46/c1-3-5-7-9-11-13-15-17-19-21-23-24-22-20-18-16-14-12-10-8-6-4-2/h5-8H,3-4,9-24H2,1-2H3. The summed E-state index contributed by atoms with van der Waals surface area (Å²) in [6, 6.07) is 0. The Morgan fingerprint density at radius 1 is 0.333 bits per heavy atom. The van der Waals surface area contributed by atoms with Crippen LogP contribution in [0.15, 0.2) is 24.3 Å². The summed E-state index contributed by atoms with van der Waals surface area (Å²) < 4.78 is 0. The van der Waals surface area contributed by atoms with Gasteiger partial charge in [0.05, 0.1) is 0 Å². The van der Waals surface area contributed by atoms with E-state index in [4.69, 9.17) is 0 Å². The fourth-order valence-electron chi connectivity index (χ4n) is 3.21. The highest BCUT2D eigenvalue weighted by Gasteiger charge is 1.94. The molecule has 0 heteroatoms. The summed E-state index contributed by atoms with van der Waals surface area (Å²) in [5.74, 6) is 0. The number of hydrogen-bond donors (Lipinski definition) is 0. The van der Waals surface area contributed by atoms with Crippen LogP contribution in [0.3, 0.4) is 0 Å². The molecule has 0 bridgehead atoms. The van der Waals surface area contributed by atoms with Crippen LogP contribution in [0.2, 0.25) is 0 Å². The lowest BCUT2D eigenvalue weighted by Crippen LogP contribution is -1.83. The van der Waals surface area contributed by atoms with Crippen LogP contribution in [0.25, 0.3) is 0 Å². The molecule has 0 aromatic carbocycles. The molecule has 0 spiro atoms. The zero-order valence-electron chi connectivity index (χ0n) is 17.0. The molecule has 0 atom stereocenters. The van der Waals surface area contributed by atoms with Gasteiger partial charge in [-0.1, -0.05) is 115 Å². The van der Waals surface area contributed by atoms with E-state index in [9.17, 15) is 0 Å². The van der Waals surface area contributed by atoms with E-state index in [-0.39, 0.29) is 0 Å². The molecule has 0 aromatic heterocycles. The summed E-state index contributed by atoms with van der Waals surface area (Å²) in [6.45, 7) is 4.42. The molecule has 0 nitrogen and oxygen atoms in total. The van der Waals surface area contributed by atoms with E-state index in [0.717, 1.165) is 0 Å². The third-order valence-electron chi connectivity index (χ3n) is 4.80. The quantitative estimate of drug-likeness (QED) is 0.163. The predicted molar refractivity (Wildman–Crippen MR) is 113 cm³/mol. The van der Waals surface area contributed by atoms with Crippen LogP contribution in [-0.4, -0.2) is 0 Å². The molecule has 0 amide bonds. The highest BCUT2D eigenvalue weighted by molar-refractivity contribution is 4.80. The smallest absolute Gasteiger partial charge is 0.0351 e. The largest absolute Gasteiger partial charge is 0.0888 e. The first-order valence-electron chi connectivity index (χ1n) is 11.2. The van der Waals surface area contributed by atoms with Crippen LogP contribution in [0.1, 0.15) is 129 Å². The van der Waals surface area contributed by atoms with Crippen LogP contribution in [0.4, 0.5) is 0 Å². The summed E-state index contributed by atoms with van der Waals surface area (Å²) in [5.41, 5.74) is 0. The van der Waals surface area contributed by atoms with Crippen molar-refractivity contribution in [3.05, 3.63) is 24.3 Å². The second kappa shape index (κ2) is 22.5. The second-order valence-corrected chi connectivity index (χ2v) is 7.29. The summed E-state index contributed by atoms with van der Waals surface area (Å²) >= 11 is 0. The third-order valence-corrected chi connectivity index (χ3v) is 4.80. The van der Waals surface area contributed by atoms with Gasteiger partial charge in [-0.15, -0.1) is 0 Å². The van der Waals surface area contributed by atoms with Crippen LogP contribution in [0, 0.1) is 0 Å². The lowest BCUT2D eigenvalue weighted by Gasteiger charge is -2.03. The molecule has 0 aliphatic carbocycles. The number of allylic oxidation sites excluding steroid dienone is 4. The second-order valence-electron chi connectivity index (χ2n) is 7.29. The van der Waals surface area contributed by atoms with E-state index in [1.807, 2.05) is 0 Å². The molecular weight excluding hydrogens is 288 g/mol. The van der Waals surface area contributed by atoms with Crippen LogP contribution < -0.4 is 0 Å². The lowest BCUT2D eigenvalue weighted by molar-refractivity contribution is 0.534. The maximum atomic E-state index is 2.35. The van der Waals surface area contributed by atoms with E-state index in [1.165, 1.54) is 116 Å². The highest BCUT2D eigenvalue weighted by Crippen LogP contribution is 2.14. The predicted octanol–water partition coefficient (Wildman–Crippen LogP) is 9.16. The minimum Gasteiger partial charge on any atom is -0.0888 e. The molecule has 0 unspecified atom stereocenters. The molecule has 0 aliphatic heterocycles. The van der Waals surface area contributed by atoms with E-state index in [2.05, 4.69) is 38.2 Å². The van der Waals surface area contributed by atoms with Gasteiger partial charge in [-0.2, -0.15) is 0 Å². The van der Waals surface area contributed by atoms with Gasteiger partial charge in [0.25, 0.3) is 0 Å². The Labute approximate surface area is 154 Å². The minimum absolute atomic E-state index is 1.19. The van der Waals surface area contributed by atoms with Gasteiger partial charge in [-0.3, -0.25) is 0 Å². The number of hydrogen-bond acceptors (Lipinski definition) is 0. The van der Waals surface area contributed by atoms with E-state index in [0.29, 0.717) is 0 Å². The topological polar surface area (TPSA) is 0 Å². The highest BCUT2D eigenvalue weighted by atomic mass is 14.0. The summed E-state index contributed by atoms with van der Waals surface area (Å²) in [4.78, 5) is 0. The molecule has 0 saturated heterocycles. The van der Waals surface area contributed by atoms with Crippen LogP contribution >= 0.6 is 0 Å². The van der Waals surface area contributed by atoms with Gasteiger partial charge in [0.1, 0.15) is 0 Å². The van der Waals surface area contributed by atoms with Crippen molar-refractivity contribution in [2.75, 3.05) is 0 Å². The van der Waals surface area contributed by atoms with Gasteiger partial charge in [-0.05, 0) is 38.5 Å². The first-order chi connectivity index (χ1) is 11.9. The Hall–Kier alpha value is -0.520. The van der Waals surface area contributed by atoms with Crippen LogP contribution in [-0.2, 0) is 0 Å². The molecule has 0 aliphatic rings. The molecule has 0 aromatic rings. The lowest BCUT2D eigenvalue weighted by atomic mass is 10.0. The Morgan fingerprint density at radius 2 is 0.583 bits per heavy atom. The van der Waals surface area contributed by atoms with E-state index < -0.39 is 0 Å². The van der Waals surface area contributed by atoms with Gasteiger partial charge in [-0.25, -0.2) is 0 Å². The molecule has 0 N–H and O–H groups in total. The number of rotatable bonds is 19. The minimum atomic E-state index is 1.19. The summed E-state index contributed by atoms with van der Waals surface area (Å²) in [6.07, 6.45) is 34.6. The Morgan fingerprint density at radius 3 is 0.833 bits per heavy atom. The first kappa shape index (κ1) is 23.5. The maximum absolute atomic E-state index is 2.35. The SMILES string of the molecule is CCC=CCCCCCCCCCCCCCCCCC=CCC. The molecule has 0 heterocycles. The van der Waals surface area contributed by atoms with Gasteiger partial charge < -0.3 is 0 Å². The molecule has 0 radical (unpaired) electrons. The molecule has 24 heavy (non-hydrogen) atoms. The van der Waals surface area contributed by atoms with Crippen molar-refractivity contribution in [2.45, 2.75) is 129 Å². The Kier molecular flexibility index (Phi) is 22.0. The maximum Gasteiger partial charge on any atom is -0.0351 e. The van der Waals surface area contributed by atoms with Crippen LogP contribution in [0.5, 0.6) is 0 Å². The van der Waals surface area contributed by atoms with Crippen molar-refractivity contribution < 1.29 is 0 Å². The third kappa shape index (κ3) is 21.5. The van der Waals surface area contributed by atoms with Crippen molar-refractivity contribution in [1.29, 1.82) is 0 Å². The van der Waals surface area contributed by atoms with Gasteiger partial charge >= 0.3 is 0 Å². The average Bonchev–Trinajstić information content (AvgIpc) is 2.60. The fraction of sp³-hybridized carbons (Fsp3) is 0.833. The fourth-order valence-corrected chi connectivity index (χ4v) is 3.21. The Bertz CT molecular complexity index is 233.